The van der Waals surface area contributed by atoms with E-state index >= 15 is 0 Å². The summed E-state index contributed by atoms with van der Waals surface area (Å²) in [6.07, 6.45) is -1.06. The van der Waals surface area contributed by atoms with Gasteiger partial charge in [0.1, 0.15) is 0 Å². The fourth-order valence-corrected chi connectivity index (χ4v) is 2.84. The Kier molecular flexibility index (Phi) is 7.92. The lowest BCUT2D eigenvalue weighted by atomic mass is 10.1. The van der Waals surface area contributed by atoms with Gasteiger partial charge >= 0.3 is 47.5 Å². The first kappa shape index (κ1) is 31.9. The van der Waals surface area contributed by atoms with Crippen LogP contribution in [0.1, 0.15) is 20.3 Å². The maximum Gasteiger partial charge on any atom is 0.387 e. The third-order valence-electron chi connectivity index (χ3n) is 5.00. The van der Waals surface area contributed by atoms with Crippen LogP contribution < -0.4 is 0 Å². The zero-order valence-electron chi connectivity index (χ0n) is 19.5. The van der Waals surface area contributed by atoms with Crippen LogP contribution >= 0.6 is 0 Å². The van der Waals surface area contributed by atoms with E-state index in [1.54, 1.807) is 0 Å². The number of rotatable bonds is 10. The van der Waals surface area contributed by atoms with E-state index in [-0.39, 0.29) is 0 Å². The molecule has 0 saturated heterocycles. The Morgan fingerprint density at radius 1 is 0.564 bits per heavy atom. The van der Waals surface area contributed by atoms with E-state index < -0.39 is 101 Å². The Bertz CT molecular complexity index is 1060. The molecule has 0 N–H and O–H groups in total. The lowest BCUT2D eigenvalue weighted by Gasteiger charge is -2.24. The molecule has 2 aliphatic rings. The molecule has 0 atom stereocenters. The van der Waals surface area contributed by atoms with Gasteiger partial charge in [0.05, 0.1) is 13.2 Å². The third-order valence-corrected chi connectivity index (χ3v) is 5.00. The summed E-state index contributed by atoms with van der Waals surface area (Å²) in [5, 5.41) is 0. The number of halogens is 12. The standard InChI is InChI=1S/C21H16F12O6/c1-8(2)14(34)38-12-10(16(22,23)20(30,31)18(12,26)27)36-6-5-7-37-11-13(39-15(35)9(3)4)19(28,29)21(32,33)17(11,24)25/h1,3,5-7H2,2,4H3. The van der Waals surface area contributed by atoms with E-state index in [0.717, 1.165) is 13.8 Å². The number of carbonyl (C=O) groups is 2. The van der Waals surface area contributed by atoms with E-state index in [1.807, 2.05) is 0 Å². The molecule has 0 saturated carbocycles. The number of allylic oxidation sites excluding steroid dienone is 4. The highest BCUT2D eigenvalue weighted by atomic mass is 19.4. The van der Waals surface area contributed by atoms with Gasteiger partial charge in [-0.3, -0.25) is 0 Å². The van der Waals surface area contributed by atoms with Crippen molar-refractivity contribution in [3.63, 3.8) is 0 Å². The van der Waals surface area contributed by atoms with Crippen molar-refractivity contribution in [3.8, 4) is 0 Å². The first-order valence-electron chi connectivity index (χ1n) is 10.2. The van der Waals surface area contributed by atoms with Crippen molar-refractivity contribution in [1.82, 2.24) is 0 Å². The number of alkyl halides is 12. The number of ether oxygens (including phenoxy) is 4. The van der Waals surface area contributed by atoms with Gasteiger partial charge in [-0.15, -0.1) is 0 Å². The van der Waals surface area contributed by atoms with Crippen molar-refractivity contribution in [1.29, 1.82) is 0 Å². The van der Waals surface area contributed by atoms with Crippen LogP contribution in [0.25, 0.3) is 0 Å². The number of esters is 2. The molecule has 0 fully saturated rings. The van der Waals surface area contributed by atoms with Gasteiger partial charge < -0.3 is 18.9 Å². The van der Waals surface area contributed by atoms with E-state index in [2.05, 4.69) is 32.1 Å². The van der Waals surface area contributed by atoms with E-state index in [4.69, 9.17) is 0 Å². The Balaban J connectivity index is 2.29. The Morgan fingerprint density at radius 2 is 0.821 bits per heavy atom. The molecule has 0 aromatic rings. The highest BCUT2D eigenvalue weighted by Crippen LogP contribution is 2.61. The quantitative estimate of drug-likeness (QED) is 0.136. The minimum Gasteiger partial charge on any atom is -0.488 e. The molecule has 0 unspecified atom stereocenters. The summed E-state index contributed by atoms with van der Waals surface area (Å²) in [5.74, 6) is -49.4. The van der Waals surface area contributed by atoms with Crippen molar-refractivity contribution in [2.24, 2.45) is 0 Å². The van der Waals surface area contributed by atoms with E-state index in [1.165, 1.54) is 0 Å². The summed E-state index contributed by atoms with van der Waals surface area (Å²) >= 11 is 0. The SMILES string of the molecule is C=C(C)C(=O)OC1=C(OCCCOC2=C(OC(=O)C(=C)C)C(F)(F)C(F)(F)C2(F)F)C(F)(F)C(F)(F)C1(F)F. The molecule has 220 valence electrons. The predicted octanol–water partition coefficient (Wildman–Crippen LogP) is 5.91. The zero-order valence-corrected chi connectivity index (χ0v) is 19.5. The molecule has 0 bridgehead atoms. The minimum absolute atomic E-state index is 0.674. The zero-order chi connectivity index (χ0) is 30.6. The fraction of sp³-hybridized carbons (Fsp3) is 0.524. The van der Waals surface area contributed by atoms with Crippen LogP contribution in [0.4, 0.5) is 52.7 Å². The molecule has 0 aromatic heterocycles. The maximum atomic E-state index is 14.1. The number of hydrogen-bond donors (Lipinski definition) is 0. The monoisotopic (exact) mass is 592 g/mol. The summed E-state index contributed by atoms with van der Waals surface area (Å²) in [6.45, 7) is 4.82. The van der Waals surface area contributed by atoms with Crippen molar-refractivity contribution in [2.45, 2.75) is 55.8 Å². The largest absolute Gasteiger partial charge is 0.488 e. The van der Waals surface area contributed by atoms with Gasteiger partial charge in [-0.05, 0) is 13.8 Å². The highest BCUT2D eigenvalue weighted by molar-refractivity contribution is 5.88. The molecule has 0 aliphatic heterocycles. The van der Waals surface area contributed by atoms with Gasteiger partial charge in [-0.25, -0.2) is 9.59 Å². The molecular weight excluding hydrogens is 576 g/mol. The smallest absolute Gasteiger partial charge is 0.387 e. The fourth-order valence-electron chi connectivity index (χ4n) is 2.84. The molecule has 2 aliphatic carbocycles. The Labute approximate surface area is 210 Å². The Hall–Kier alpha value is -3.34. The van der Waals surface area contributed by atoms with Gasteiger partial charge in [0, 0.05) is 17.6 Å². The molecule has 2 rings (SSSR count). The summed E-state index contributed by atoms with van der Waals surface area (Å²) in [4.78, 5) is 23.0. The van der Waals surface area contributed by atoms with Crippen molar-refractivity contribution in [2.75, 3.05) is 13.2 Å². The summed E-state index contributed by atoms with van der Waals surface area (Å²) in [7, 11) is 0. The van der Waals surface area contributed by atoms with Crippen LogP contribution in [0.15, 0.2) is 47.3 Å². The first-order chi connectivity index (χ1) is 17.4. The molecule has 39 heavy (non-hydrogen) atoms. The number of carbonyl (C=O) groups excluding carboxylic acids is 2. The van der Waals surface area contributed by atoms with Gasteiger partial charge in [0.2, 0.25) is 23.0 Å². The lowest BCUT2D eigenvalue weighted by Crippen LogP contribution is -2.49. The first-order valence-corrected chi connectivity index (χ1v) is 10.2. The Morgan fingerprint density at radius 3 is 1.08 bits per heavy atom. The van der Waals surface area contributed by atoms with Crippen LogP contribution in [-0.4, -0.2) is 60.7 Å². The summed E-state index contributed by atoms with van der Waals surface area (Å²) in [5.41, 5.74) is -1.35. The number of hydrogen-bond acceptors (Lipinski definition) is 6. The second-order valence-electron chi connectivity index (χ2n) is 8.15. The molecule has 18 heteroatoms. The summed E-state index contributed by atoms with van der Waals surface area (Å²) in [6, 6.07) is 0. The van der Waals surface area contributed by atoms with Crippen molar-refractivity contribution in [3.05, 3.63) is 47.3 Å². The van der Waals surface area contributed by atoms with Crippen LogP contribution in [0, 0.1) is 0 Å². The maximum absolute atomic E-state index is 14.1. The van der Waals surface area contributed by atoms with Gasteiger partial charge in [0.25, 0.3) is 0 Å². The molecule has 0 amide bonds. The summed E-state index contributed by atoms with van der Waals surface area (Å²) < 4.78 is 183. The molecule has 0 heterocycles. The molecular formula is C21H16F12O6. The molecule has 0 spiro atoms. The normalized spacial score (nSPS) is 23.3. The van der Waals surface area contributed by atoms with Gasteiger partial charge in [-0.2, -0.15) is 52.7 Å². The van der Waals surface area contributed by atoms with Gasteiger partial charge in [0.15, 0.2) is 0 Å². The molecule has 6 nitrogen and oxygen atoms in total. The second kappa shape index (κ2) is 9.69. The molecule has 0 radical (unpaired) electrons. The van der Waals surface area contributed by atoms with Crippen molar-refractivity contribution >= 4 is 11.9 Å². The molecule has 0 aromatic carbocycles. The predicted molar refractivity (Wildman–Crippen MR) is 102 cm³/mol. The van der Waals surface area contributed by atoms with E-state index in [0.29, 0.717) is 0 Å². The average Bonchev–Trinajstić information content (AvgIpc) is 2.94. The van der Waals surface area contributed by atoms with Crippen molar-refractivity contribution < 1.29 is 81.2 Å². The van der Waals surface area contributed by atoms with Gasteiger partial charge in [-0.1, -0.05) is 13.2 Å². The lowest BCUT2D eigenvalue weighted by molar-refractivity contribution is -0.276. The van der Waals surface area contributed by atoms with Crippen LogP contribution in [0.2, 0.25) is 0 Å². The van der Waals surface area contributed by atoms with Crippen LogP contribution in [0.5, 0.6) is 0 Å². The second-order valence-corrected chi connectivity index (χ2v) is 8.15. The van der Waals surface area contributed by atoms with Crippen LogP contribution in [0.3, 0.4) is 0 Å². The minimum atomic E-state index is -6.17. The van der Waals surface area contributed by atoms with Crippen LogP contribution in [-0.2, 0) is 28.5 Å². The highest BCUT2D eigenvalue weighted by Gasteiger charge is 2.84. The third kappa shape index (κ3) is 4.70. The topological polar surface area (TPSA) is 71.1 Å². The average molecular weight is 592 g/mol. The van der Waals surface area contributed by atoms with E-state index in [9.17, 15) is 62.3 Å².